The molecule has 2 aromatic rings. The minimum absolute atomic E-state index is 0.221. The van der Waals surface area contributed by atoms with Crippen LogP contribution in [0.4, 0.5) is 13.2 Å². The smallest absolute Gasteiger partial charge is 0.286 e. The molecule has 0 saturated carbocycles. The van der Waals surface area contributed by atoms with Gasteiger partial charge in [-0.05, 0) is 11.4 Å². The Kier molecular flexibility index (Phi) is 2.76. The predicted molar refractivity (Wildman–Crippen MR) is 52.7 cm³/mol. The van der Waals surface area contributed by atoms with Crippen LogP contribution in [0.2, 0.25) is 0 Å². The average Bonchev–Trinajstić information content (AvgIpc) is 2.87. The largest absolute Gasteiger partial charge is 0.436 e. The van der Waals surface area contributed by atoms with Crippen molar-refractivity contribution < 1.29 is 18.0 Å². The lowest BCUT2D eigenvalue weighted by atomic mass is 10.2. The van der Waals surface area contributed by atoms with E-state index in [-0.39, 0.29) is 4.88 Å². The summed E-state index contributed by atoms with van der Waals surface area (Å²) >= 11 is 1.45. The van der Waals surface area contributed by atoms with Crippen LogP contribution in [-0.4, -0.2) is 14.5 Å². The molecule has 0 aliphatic carbocycles. The number of rotatable bonds is 2. The molecule has 8 heteroatoms. The molecule has 0 aliphatic heterocycles. The van der Waals surface area contributed by atoms with Crippen molar-refractivity contribution in [1.82, 2.24) is 8.75 Å². The highest BCUT2D eigenvalue weighted by Gasteiger charge is 2.39. The molecule has 2 aromatic heterocycles. The molecule has 0 aromatic carbocycles. The Morgan fingerprint density at radius 1 is 1.31 bits per heavy atom. The number of hydrogen-bond acceptors (Lipinski definition) is 5. The maximum atomic E-state index is 12.4. The Morgan fingerprint density at radius 3 is 2.62 bits per heavy atom. The van der Waals surface area contributed by atoms with Crippen molar-refractivity contribution in [2.45, 2.75) is 6.18 Å². The first-order valence-electron chi connectivity index (χ1n) is 3.98. The van der Waals surface area contributed by atoms with Crippen molar-refractivity contribution in [3.8, 4) is 0 Å². The summed E-state index contributed by atoms with van der Waals surface area (Å²) < 4.78 is 43.8. The lowest BCUT2D eigenvalue weighted by Gasteiger charge is -2.02. The number of ketones is 1. The summed E-state index contributed by atoms with van der Waals surface area (Å²) in [4.78, 5) is 11.9. The molecule has 0 saturated heterocycles. The van der Waals surface area contributed by atoms with E-state index in [0.29, 0.717) is 11.7 Å². The summed E-state index contributed by atoms with van der Waals surface area (Å²) in [5.74, 6) is -0.740. The number of hydrogen-bond donors (Lipinski definition) is 0. The van der Waals surface area contributed by atoms with Gasteiger partial charge in [-0.3, -0.25) is 4.79 Å². The lowest BCUT2D eigenvalue weighted by molar-refractivity contribution is -0.140. The molecule has 0 amide bonds. The molecule has 0 radical (unpaired) electrons. The Hall–Kier alpha value is -1.28. The SMILES string of the molecule is O=C(c1cccs1)c1nsnc1C(F)(F)F. The van der Waals surface area contributed by atoms with Crippen LogP contribution >= 0.6 is 23.1 Å². The summed E-state index contributed by atoms with van der Waals surface area (Å²) in [6.07, 6.45) is -4.64. The highest BCUT2D eigenvalue weighted by atomic mass is 32.1. The lowest BCUT2D eigenvalue weighted by Crippen LogP contribution is -2.13. The fourth-order valence-electron chi connectivity index (χ4n) is 1.05. The number of carbonyl (C=O) groups is 1. The highest BCUT2D eigenvalue weighted by Crippen LogP contribution is 2.31. The maximum absolute atomic E-state index is 12.4. The molecule has 3 nitrogen and oxygen atoms in total. The van der Waals surface area contributed by atoms with E-state index in [4.69, 9.17) is 0 Å². The number of thiophene rings is 1. The third-order valence-corrected chi connectivity index (χ3v) is 3.11. The molecular formula is C8H3F3N2OS2. The summed E-state index contributed by atoms with van der Waals surface area (Å²) in [7, 11) is 0. The van der Waals surface area contributed by atoms with Crippen LogP contribution < -0.4 is 0 Å². The summed E-state index contributed by atoms with van der Waals surface area (Å²) in [5, 5.41) is 1.61. The van der Waals surface area contributed by atoms with Crippen molar-refractivity contribution in [2.75, 3.05) is 0 Å². The molecule has 84 valence electrons. The molecule has 2 heterocycles. The van der Waals surface area contributed by atoms with Crippen LogP contribution in [0.25, 0.3) is 0 Å². The first-order valence-corrected chi connectivity index (χ1v) is 5.59. The summed E-state index contributed by atoms with van der Waals surface area (Å²) in [5.41, 5.74) is -1.84. The molecule has 16 heavy (non-hydrogen) atoms. The molecule has 0 atom stereocenters. The zero-order chi connectivity index (χ0) is 11.8. The Labute approximate surface area is 95.9 Å². The second-order valence-corrected chi connectivity index (χ2v) is 4.24. The monoisotopic (exact) mass is 264 g/mol. The zero-order valence-corrected chi connectivity index (χ0v) is 9.12. The van der Waals surface area contributed by atoms with Crippen LogP contribution in [0, 0.1) is 0 Å². The third-order valence-electron chi connectivity index (χ3n) is 1.72. The van der Waals surface area contributed by atoms with Crippen molar-refractivity contribution in [2.24, 2.45) is 0 Å². The second-order valence-electron chi connectivity index (χ2n) is 2.77. The average molecular weight is 264 g/mol. The quantitative estimate of drug-likeness (QED) is 0.783. The summed E-state index contributed by atoms with van der Waals surface area (Å²) in [6, 6.07) is 3.04. The van der Waals surface area contributed by atoms with Crippen molar-refractivity contribution >= 4 is 28.8 Å². The van der Waals surface area contributed by atoms with Crippen LogP contribution in [0.5, 0.6) is 0 Å². The normalized spacial score (nSPS) is 11.7. The van der Waals surface area contributed by atoms with Gasteiger partial charge in [-0.1, -0.05) is 6.07 Å². The Bertz CT molecular complexity index is 504. The van der Waals surface area contributed by atoms with Gasteiger partial charge in [0.1, 0.15) is 0 Å². The maximum Gasteiger partial charge on any atom is 0.436 e. The molecule has 0 N–H and O–H groups in total. The fraction of sp³-hybridized carbons (Fsp3) is 0.125. The van der Waals surface area contributed by atoms with Gasteiger partial charge in [-0.2, -0.15) is 21.9 Å². The van der Waals surface area contributed by atoms with Gasteiger partial charge in [0, 0.05) is 0 Å². The van der Waals surface area contributed by atoms with Crippen LogP contribution in [0.1, 0.15) is 21.1 Å². The van der Waals surface area contributed by atoms with Gasteiger partial charge in [-0.25, -0.2) is 0 Å². The molecular weight excluding hydrogens is 261 g/mol. The second kappa shape index (κ2) is 3.95. The minimum Gasteiger partial charge on any atom is -0.286 e. The van der Waals surface area contributed by atoms with Gasteiger partial charge < -0.3 is 0 Å². The molecule has 0 fully saturated rings. The molecule has 0 bridgehead atoms. The van der Waals surface area contributed by atoms with Crippen molar-refractivity contribution in [1.29, 1.82) is 0 Å². The Morgan fingerprint density at radius 2 is 2.06 bits per heavy atom. The Balaban J connectivity index is 2.43. The predicted octanol–water partition coefficient (Wildman–Crippen LogP) is 2.85. The van der Waals surface area contributed by atoms with E-state index >= 15 is 0 Å². The van der Waals surface area contributed by atoms with Gasteiger partial charge in [-0.15, -0.1) is 11.3 Å². The zero-order valence-electron chi connectivity index (χ0n) is 7.49. The van der Waals surface area contributed by atoms with E-state index in [1.165, 1.54) is 6.07 Å². The summed E-state index contributed by atoms with van der Waals surface area (Å²) in [6.45, 7) is 0. The van der Waals surface area contributed by atoms with Gasteiger partial charge in [0.05, 0.1) is 16.6 Å². The van der Waals surface area contributed by atoms with Gasteiger partial charge in [0.15, 0.2) is 11.4 Å². The number of nitrogens with zero attached hydrogens (tertiary/aromatic N) is 2. The van der Waals surface area contributed by atoms with Gasteiger partial charge >= 0.3 is 6.18 Å². The van der Waals surface area contributed by atoms with Crippen molar-refractivity contribution in [3.05, 3.63) is 33.8 Å². The first-order chi connectivity index (χ1) is 7.50. The first kappa shape index (κ1) is 11.2. The minimum atomic E-state index is -4.64. The van der Waals surface area contributed by atoms with E-state index in [9.17, 15) is 18.0 Å². The molecule has 0 unspecified atom stereocenters. The van der Waals surface area contributed by atoms with Crippen LogP contribution in [0.3, 0.4) is 0 Å². The van der Waals surface area contributed by atoms with Crippen LogP contribution in [-0.2, 0) is 6.18 Å². The molecule has 0 aliphatic rings. The van der Waals surface area contributed by atoms with Gasteiger partial charge in [0.25, 0.3) is 0 Å². The number of carbonyl (C=O) groups excluding carboxylic acids is 1. The fourth-order valence-corrected chi connectivity index (χ4v) is 2.28. The van der Waals surface area contributed by atoms with E-state index in [1.54, 1.807) is 11.4 Å². The number of aromatic nitrogens is 2. The van der Waals surface area contributed by atoms with E-state index in [1.807, 2.05) is 0 Å². The van der Waals surface area contributed by atoms with E-state index in [0.717, 1.165) is 11.3 Å². The topological polar surface area (TPSA) is 42.9 Å². The number of halogens is 3. The molecule has 2 rings (SSSR count). The van der Waals surface area contributed by atoms with Gasteiger partial charge in [0.2, 0.25) is 5.78 Å². The van der Waals surface area contributed by atoms with E-state index in [2.05, 4.69) is 8.75 Å². The molecule has 0 spiro atoms. The van der Waals surface area contributed by atoms with Crippen molar-refractivity contribution in [3.63, 3.8) is 0 Å². The number of alkyl halides is 3. The highest BCUT2D eigenvalue weighted by molar-refractivity contribution is 7.12. The van der Waals surface area contributed by atoms with E-state index < -0.39 is 23.3 Å². The van der Waals surface area contributed by atoms with Crippen LogP contribution in [0.15, 0.2) is 17.5 Å². The standard InChI is InChI=1S/C8H3F3N2OS2/c9-8(10,11)7-5(12-16-13-7)6(14)4-2-1-3-15-4/h1-3H. The third kappa shape index (κ3) is 1.98.